The van der Waals surface area contributed by atoms with Gasteiger partial charge in [-0.1, -0.05) is 6.07 Å². The van der Waals surface area contributed by atoms with E-state index in [1.54, 1.807) is 4.52 Å². The summed E-state index contributed by atoms with van der Waals surface area (Å²) in [5, 5.41) is 12.9. The summed E-state index contributed by atoms with van der Waals surface area (Å²) in [5.74, 6) is 3.03. The molecule has 0 aliphatic carbocycles. The van der Waals surface area contributed by atoms with Crippen molar-refractivity contribution in [3.05, 3.63) is 48.3 Å². The predicted molar refractivity (Wildman–Crippen MR) is 83.5 cm³/mol. The fraction of sp³-hybridized carbons (Fsp3) is 0.267. The van der Waals surface area contributed by atoms with Gasteiger partial charge in [-0.3, -0.25) is 4.40 Å². The third-order valence-electron chi connectivity index (χ3n) is 4.27. The molecule has 0 amide bonds. The number of nitrogens with zero attached hydrogens (tertiary/aromatic N) is 8. The van der Waals surface area contributed by atoms with Crippen LogP contribution in [0.1, 0.15) is 17.4 Å². The molecule has 0 unspecified atom stereocenters. The zero-order valence-electron chi connectivity index (χ0n) is 12.5. The van der Waals surface area contributed by atoms with E-state index in [9.17, 15) is 0 Å². The predicted octanol–water partition coefficient (Wildman–Crippen LogP) is 1.08. The average Bonchev–Trinajstić information content (AvgIpc) is 3.12. The molecule has 8 heteroatoms. The monoisotopic (exact) mass is 306 g/mol. The second kappa shape index (κ2) is 4.48. The first-order valence-electron chi connectivity index (χ1n) is 7.51. The molecular formula is C15H14N8. The third kappa shape index (κ3) is 1.81. The summed E-state index contributed by atoms with van der Waals surface area (Å²) in [6.07, 6.45) is 3.55. The van der Waals surface area contributed by atoms with Crippen molar-refractivity contribution in [3.63, 3.8) is 0 Å². The van der Waals surface area contributed by atoms with E-state index in [4.69, 9.17) is 0 Å². The maximum Gasteiger partial charge on any atom is 0.254 e. The molecule has 8 nitrogen and oxygen atoms in total. The molecule has 0 saturated carbocycles. The van der Waals surface area contributed by atoms with E-state index in [1.807, 2.05) is 37.4 Å². The highest BCUT2D eigenvalue weighted by Crippen LogP contribution is 2.30. The Kier molecular flexibility index (Phi) is 2.44. The van der Waals surface area contributed by atoms with E-state index in [2.05, 4.69) is 34.6 Å². The molecule has 1 fully saturated rings. The number of aryl methyl sites for hydroxylation is 1. The van der Waals surface area contributed by atoms with Crippen LogP contribution in [-0.4, -0.2) is 47.3 Å². The highest BCUT2D eigenvalue weighted by molar-refractivity contribution is 5.50. The summed E-state index contributed by atoms with van der Waals surface area (Å²) in [7, 11) is 0. The van der Waals surface area contributed by atoms with Gasteiger partial charge < -0.3 is 4.90 Å². The van der Waals surface area contributed by atoms with Crippen LogP contribution in [0.15, 0.2) is 36.8 Å². The van der Waals surface area contributed by atoms with Crippen molar-refractivity contribution in [2.45, 2.75) is 12.8 Å². The van der Waals surface area contributed by atoms with Gasteiger partial charge in [-0.05, 0) is 19.1 Å². The molecule has 5 rings (SSSR count). The lowest BCUT2D eigenvalue weighted by molar-refractivity contribution is 0.488. The molecule has 0 aromatic carbocycles. The van der Waals surface area contributed by atoms with E-state index in [0.29, 0.717) is 11.7 Å². The summed E-state index contributed by atoms with van der Waals surface area (Å²) in [5.41, 5.74) is 1.83. The van der Waals surface area contributed by atoms with Crippen molar-refractivity contribution in [2.75, 3.05) is 18.0 Å². The zero-order chi connectivity index (χ0) is 15.4. The van der Waals surface area contributed by atoms with E-state index < -0.39 is 0 Å². The summed E-state index contributed by atoms with van der Waals surface area (Å²) in [6.45, 7) is 3.74. The quantitative estimate of drug-likeness (QED) is 0.551. The molecule has 0 atom stereocenters. The Morgan fingerprint density at radius 1 is 1.17 bits per heavy atom. The minimum atomic E-state index is 0.361. The number of pyridine rings is 1. The molecule has 0 N–H and O–H groups in total. The van der Waals surface area contributed by atoms with E-state index in [1.165, 1.54) is 6.33 Å². The van der Waals surface area contributed by atoms with Crippen LogP contribution in [0.4, 0.5) is 5.82 Å². The Labute approximate surface area is 131 Å². The Balaban J connectivity index is 1.47. The van der Waals surface area contributed by atoms with E-state index in [-0.39, 0.29) is 0 Å². The first-order chi connectivity index (χ1) is 11.3. The van der Waals surface area contributed by atoms with Crippen LogP contribution in [0.3, 0.4) is 0 Å². The Hall–Kier alpha value is -3.03. The van der Waals surface area contributed by atoms with Crippen LogP contribution in [0.2, 0.25) is 0 Å². The summed E-state index contributed by atoms with van der Waals surface area (Å²) in [6, 6.07) is 7.99. The van der Waals surface area contributed by atoms with Gasteiger partial charge in [0.05, 0.1) is 5.92 Å². The summed E-state index contributed by atoms with van der Waals surface area (Å²) >= 11 is 0. The number of aromatic nitrogens is 7. The maximum absolute atomic E-state index is 4.38. The Morgan fingerprint density at radius 2 is 2.09 bits per heavy atom. The highest BCUT2D eigenvalue weighted by atomic mass is 15.4. The van der Waals surface area contributed by atoms with Crippen molar-refractivity contribution in [1.82, 2.24) is 34.2 Å². The first kappa shape index (κ1) is 12.5. The summed E-state index contributed by atoms with van der Waals surface area (Å²) in [4.78, 5) is 10.8. The van der Waals surface area contributed by atoms with E-state index >= 15 is 0 Å². The molecule has 1 aliphatic rings. The minimum absolute atomic E-state index is 0.361. The van der Waals surface area contributed by atoms with Gasteiger partial charge >= 0.3 is 0 Å². The number of hydrogen-bond acceptors (Lipinski definition) is 6. The number of fused-ring (bicyclic) bond motifs is 2. The van der Waals surface area contributed by atoms with Crippen molar-refractivity contribution in [2.24, 2.45) is 0 Å². The van der Waals surface area contributed by atoms with Gasteiger partial charge in [0, 0.05) is 31.0 Å². The van der Waals surface area contributed by atoms with Gasteiger partial charge in [-0.15, -0.1) is 10.2 Å². The lowest BCUT2D eigenvalue weighted by Gasteiger charge is -2.39. The van der Waals surface area contributed by atoms with Crippen molar-refractivity contribution < 1.29 is 0 Å². The lowest BCUT2D eigenvalue weighted by Crippen LogP contribution is -2.46. The molecule has 114 valence electrons. The van der Waals surface area contributed by atoms with Gasteiger partial charge in [0.15, 0.2) is 5.65 Å². The fourth-order valence-electron chi connectivity index (χ4n) is 3.10. The average molecular weight is 306 g/mol. The minimum Gasteiger partial charge on any atom is -0.355 e. The largest absolute Gasteiger partial charge is 0.355 e. The molecule has 0 spiro atoms. The molecule has 1 aliphatic heterocycles. The highest BCUT2D eigenvalue weighted by Gasteiger charge is 2.33. The zero-order valence-corrected chi connectivity index (χ0v) is 12.5. The fourth-order valence-corrected chi connectivity index (χ4v) is 3.10. The molecule has 5 heterocycles. The van der Waals surface area contributed by atoms with Gasteiger partial charge in [0.25, 0.3) is 5.78 Å². The number of rotatable bonds is 2. The smallest absolute Gasteiger partial charge is 0.254 e. The SMILES string of the molecule is Cc1cc(N2CC(c3nnc4ccccn34)C2)n2ncnc2n1. The molecule has 4 aromatic heterocycles. The van der Waals surface area contributed by atoms with Crippen molar-refractivity contribution >= 4 is 17.2 Å². The van der Waals surface area contributed by atoms with Crippen molar-refractivity contribution in [3.8, 4) is 0 Å². The molecule has 23 heavy (non-hydrogen) atoms. The standard InChI is InChI=1S/C15H14N8/c1-10-6-13(23-15(18-10)16-9-17-23)21-7-11(8-21)14-20-19-12-4-2-3-5-22(12)14/h2-6,9,11H,7-8H2,1H3. The molecule has 4 aromatic rings. The van der Waals surface area contributed by atoms with Crippen LogP contribution in [0.5, 0.6) is 0 Å². The molecule has 0 bridgehead atoms. The first-order valence-corrected chi connectivity index (χ1v) is 7.51. The van der Waals surface area contributed by atoms with Crippen molar-refractivity contribution in [1.29, 1.82) is 0 Å². The van der Waals surface area contributed by atoms with Gasteiger partial charge in [0.2, 0.25) is 0 Å². The van der Waals surface area contributed by atoms with Gasteiger partial charge in [-0.2, -0.15) is 14.6 Å². The lowest BCUT2D eigenvalue weighted by atomic mass is 9.99. The molecule has 0 radical (unpaired) electrons. The Bertz CT molecular complexity index is 1010. The van der Waals surface area contributed by atoms with Crippen LogP contribution in [0, 0.1) is 6.92 Å². The van der Waals surface area contributed by atoms with Gasteiger partial charge in [-0.25, -0.2) is 4.98 Å². The number of hydrogen-bond donors (Lipinski definition) is 0. The second-order valence-electron chi connectivity index (χ2n) is 5.82. The Morgan fingerprint density at radius 3 is 3.00 bits per heavy atom. The number of anilines is 1. The summed E-state index contributed by atoms with van der Waals surface area (Å²) < 4.78 is 3.84. The van der Waals surface area contributed by atoms with Gasteiger partial charge in [0.1, 0.15) is 18.0 Å². The van der Waals surface area contributed by atoms with E-state index in [0.717, 1.165) is 36.1 Å². The van der Waals surface area contributed by atoms with Crippen LogP contribution < -0.4 is 4.90 Å². The third-order valence-corrected chi connectivity index (χ3v) is 4.27. The van der Waals surface area contributed by atoms with Crippen LogP contribution in [0.25, 0.3) is 11.4 Å². The topological polar surface area (TPSA) is 76.5 Å². The second-order valence-corrected chi connectivity index (χ2v) is 5.82. The normalized spacial score (nSPS) is 15.4. The molecule has 1 saturated heterocycles. The molecular weight excluding hydrogens is 292 g/mol. The maximum atomic E-state index is 4.38. The van der Waals surface area contributed by atoms with Crippen LogP contribution in [-0.2, 0) is 0 Å². The van der Waals surface area contributed by atoms with Crippen LogP contribution >= 0.6 is 0 Å².